The van der Waals surface area contributed by atoms with Crippen LogP contribution in [-0.2, 0) is 27.2 Å². The highest BCUT2D eigenvalue weighted by atomic mass is 32.1. The molecule has 1 aromatic heterocycles. The molecule has 7 heteroatoms. The Balaban J connectivity index is 1.80. The van der Waals surface area contributed by atoms with Gasteiger partial charge in [0, 0.05) is 10.8 Å². The largest absolute Gasteiger partial charge is 0.449 e. The van der Waals surface area contributed by atoms with Gasteiger partial charge in [0.1, 0.15) is 5.00 Å². The number of carbonyl (C=O) groups is 3. The number of esters is 1. The molecule has 3 N–H and O–H groups in total. The van der Waals surface area contributed by atoms with E-state index in [1.165, 1.54) is 24.7 Å². The summed E-state index contributed by atoms with van der Waals surface area (Å²) in [5.41, 5.74) is 6.54. The predicted molar refractivity (Wildman–Crippen MR) is 95.6 cm³/mol. The zero-order chi connectivity index (χ0) is 18.0. The van der Waals surface area contributed by atoms with Crippen LogP contribution in [0.25, 0.3) is 0 Å². The number of primary amides is 1. The van der Waals surface area contributed by atoms with Crippen LogP contribution in [0.3, 0.4) is 0 Å². The first-order valence-electron chi connectivity index (χ1n) is 8.93. The van der Waals surface area contributed by atoms with Gasteiger partial charge >= 0.3 is 5.97 Å². The third-order valence-electron chi connectivity index (χ3n) is 5.02. The molecule has 1 unspecified atom stereocenters. The van der Waals surface area contributed by atoms with Crippen LogP contribution in [0.15, 0.2) is 0 Å². The minimum Gasteiger partial charge on any atom is -0.449 e. The van der Waals surface area contributed by atoms with Crippen molar-refractivity contribution in [3.05, 3.63) is 16.0 Å². The Hall–Kier alpha value is -1.89. The fraction of sp³-hybridized carbons (Fsp3) is 0.611. The summed E-state index contributed by atoms with van der Waals surface area (Å²) >= 11 is 1.46. The zero-order valence-electron chi connectivity index (χ0n) is 14.4. The Morgan fingerprint density at radius 1 is 1.16 bits per heavy atom. The number of fused-ring (bicyclic) bond motifs is 1. The van der Waals surface area contributed by atoms with Crippen molar-refractivity contribution in [3.63, 3.8) is 0 Å². The molecule has 6 nitrogen and oxygen atoms in total. The second kappa shape index (κ2) is 7.56. The molecule has 0 spiro atoms. The number of hydrogen-bond acceptors (Lipinski definition) is 5. The monoisotopic (exact) mass is 364 g/mol. The van der Waals surface area contributed by atoms with Gasteiger partial charge in [0.2, 0.25) is 5.91 Å². The second-order valence-corrected chi connectivity index (χ2v) is 7.94. The molecular weight excluding hydrogens is 340 g/mol. The molecule has 1 saturated carbocycles. The van der Waals surface area contributed by atoms with Gasteiger partial charge in [-0.25, -0.2) is 4.79 Å². The first kappa shape index (κ1) is 17.9. The lowest BCUT2D eigenvalue weighted by molar-refractivity contribution is -0.125. The summed E-state index contributed by atoms with van der Waals surface area (Å²) in [7, 11) is 0. The molecule has 0 aromatic carbocycles. The molecule has 1 aromatic rings. The van der Waals surface area contributed by atoms with Crippen molar-refractivity contribution in [1.82, 2.24) is 0 Å². The number of ether oxygens (including phenoxy) is 1. The molecule has 1 heterocycles. The number of rotatable bonds is 5. The summed E-state index contributed by atoms with van der Waals surface area (Å²) in [4.78, 5) is 37.5. The van der Waals surface area contributed by atoms with Crippen LogP contribution in [0.5, 0.6) is 0 Å². The van der Waals surface area contributed by atoms with Gasteiger partial charge < -0.3 is 15.8 Å². The minimum absolute atomic E-state index is 0.0131. The summed E-state index contributed by atoms with van der Waals surface area (Å²) in [5, 5.41) is 3.51. The summed E-state index contributed by atoms with van der Waals surface area (Å²) in [6, 6.07) is 0. The molecule has 136 valence electrons. The molecule has 3 rings (SSSR count). The Bertz CT molecular complexity index is 691. The van der Waals surface area contributed by atoms with Crippen molar-refractivity contribution in [2.75, 3.05) is 5.32 Å². The highest BCUT2D eigenvalue weighted by Gasteiger charge is 2.31. The van der Waals surface area contributed by atoms with Crippen molar-refractivity contribution >= 4 is 34.1 Å². The summed E-state index contributed by atoms with van der Waals surface area (Å²) in [6.07, 6.45) is 6.82. The molecule has 2 aliphatic rings. The topological polar surface area (TPSA) is 98.5 Å². The lowest BCUT2D eigenvalue weighted by Gasteiger charge is -2.20. The smallest absolute Gasteiger partial charge is 0.342 e. The fourth-order valence-corrected chi connectivity index (χ4v) is 4.84. The van der Waals surface area contributed by atoms with E-state index in [-0.39, 0.29) is 11.8 Å². The number of nitrogens with two attached hydrogens (primary N) is 1. The van der Waals surface area contributed by atoms with Gasteiger partial charge in [-0.3, -0.25) is 9.59 Å². The second-order valence-electron chi connectivity index (χ2n) is 6.84. The van der Waals surface area contributed by atoms with E-state index in [1.807, 2.05) is 0 Å². The van der Waals surface area contributed by atoms with Gasteiger partial charge in [-0.15, -0.1) is 11.3 Å². The number of hydrogen-bond donors (Lipinski definition) is 2. The maximum absolute atomic E-state index is 12.6. The van der Waals surface area contributed by atoms with Gasteiger partial charge in [0.15, 0.2) is 6.10 Å². The van der Waals surface area contributed by atoms with E-state index in [1.54, 1.807) is 0 Å². The van der Waals surface area contributed by atoms with Crippen LogP contribution in [0, 0.1) is 5.92 Å². The third kappa shape index (κ3) is 3.86. The summed E-state index contributed by atoms with van der Waals surface area (Å²) in [5.74, 6) is -1.27. The molecule has 2 amide bonds. The molecule has 0 bridgehead atoms. The Labute approximate surface area is 151 Å². The molecule has 0 radical (unpaired) electrons. The molecule has 0 saturated heterocycles. The van der Waals surface area contributed by atoms with E-state index in [4.69, 9.17) is 10.5 Å². The van der Waals surface area contributed by atoms with Gasteiger partial charge in [-0.2, -0.15) is 0 Å². The third-order valence-corrected chi connectivity index (χ3v) is 6.23. The standard InChI is InChI=1S/C18H24N2O4S/c1-10(15(19)21)24-18(23)14-12-8-5-9-13(12)25-17(14)20-16(22)11-6-3-2-4-7-11/h10-11H,2-9H2,1H3,(H2,19,21)(H,20,22). The van der Waals surface area contributed by atoms with Gasteiger partial charge in [-0.05, 0) is 44.6 Å². The minimum atomic E-state index is -0.994. The van der Waals surface area contributed by atoms with Crippen molar-refractivity contribution in [2.24, 2.45) is 11.7 Å². The van der Waals surface area contributed by atoms with Crippen LogP contribution in [0.4, 0.5) is 5.00 Å². The van der Waals surface area contributed by atoms with Crippen molar-refractivity contribution in [1.29, 1.82) is 0 Å². The Kier molecular flexibility index (Phi) is 5.42. The normalized spacial score (nSPS) is 18.4. The summed E-state index contributed by atoms with van der Waals surface area (Å²) in [6.45, 7) is 1.45. The van der Waals surface area contributed by atoms with Gasteiger partial charge in [-0.1, -0.05) is 19.3 Å². The first-order valence-corrected chi connectivity index (χ1v) is 9.74. The SMILES string of the molecule is CC(OC(=O)c1c(NC(=O)C2CCCCC2)sc2c1CCC2)C(N)=O. The average Bonchev–Trinajstić information content (AvgIpc) is 3.15. The molecular formula is C18H24N2O4S. The van der Waals surface area contributed by atoms with E-state index in [9.17, 15) is 14.4 Å². The number of thiophene rings is 1. The van der Waals surface area contributed by atoms with E-state index >= 15 is 0 Å². The summed E-state index contributed by atoms with van der Waals surface area (Å²) < 4.78 is 5.19. The number of nitrogens with one attached hydrogen (secondary N) is 1. The number of aryl methyl sites for hydroxylation is 1. The molecule has 0 aliphatic heterocycles. The van der Waals surface area contributed by atoms with Gasteiger partial charge in [0.25, 0.3) is 5.91 Å². The molecule has 25 heavy (non-hydrogen) atoms. The van der Waals surface area contributed by atoms with Crippen LogP contribution >= 0.6 is 11.3 Å². The highest BCUT2D eigenvalue weighted by Crippen LogP contribution is 2.40. The number of amides is 2. The van der Waals surface area contributed by atoms with Crippen molar-refractivity contribution in [2.45, 2.75) is 64.4 Å². The maximum Gasteiger partial charge on any atom is 0.342 e. The van der Waals surface area contributed by atoms with Gasteiger partial charge in [0.05, 0.1) is 5.56 Å². The highest BCUT2D eigenvalue weighted by molar-refractivity contribution is 7.17. The first-order chi connectivity index (χ1) is 12.0. The molecule has 2 aliphatic carbocycles. The Morgan fingerprint density at radius 2 is 1.88 bits per heavy atom. The van der Waals surface area contributed by atoms with E-state index in [0.29, 0.717) is 10.6 Å². The number of anilines is 1. The van der Waals surface area contributed by atoms with E-state index < -0.39 is 18.0 Å². The van der Waals surface area contributed by atoms with Crippen molar-refractivity contribution in [3.8, 4) is 0 Å². The molecule has 1 fully saturated rings. The van der Waals surface area contributed by atoms with Crippen LogP contribution in [0.1, 0.15) is 66.2 Å². The van der Waals surface area contributed by atoms with E-state index in [2.05, 4.69) is 5.32 Å². The fourth-order valence-electron chi connectivity index (χ4n) is 3.56. The quantitative estimate of drug-likeness (QED) is 0.785. The lowest BCUT2D eigenvalue weighted by Crippen LogP contribution is -2.31. The van der Waals surface area contributed by atoms with E-state index in [0.717, 1.165) is 55.4 Å². The lowest BCUT2D eigenvalue weighted by atomic mass is 9.89. The Morgan fingerprint density at radius 3 is 2.56 bits per heavy atom. The average molecular weight is 364 g/mol. The molecule has 1 atom stereocenters. The zero-order valence-corrected chi connectivity index (χ0v) is 15.2. The van der Waals surface area contributed by atoms with Crippen LogP contribution in [-0.4, -0.2) is 23.9 Å². The number of carbonyl (C=O) groups excluding carboxylic acids is 3. The van der Waals surface area contributed by atoms with Crippen molar-refractivity contribution < 1.29 is 19.1 Å². The predicted octanol–water partition coefficient (Wildman–Crippen LogP) is 2.79. The van der Waals surface area contributed by atoms with Crippen LogP contribution < -0.4 is 11.1 Å². The van der Waals surface area contributed by atoms with Crippen LogP contribution in [0.2, 0.25) is 0 Å². The maximum atomic E-state index is 12.6.